The Morgan fingerprint density at radius 3 is 2.35 bits per heavy atom. The number of rotatable bonds is 16. The molecule has 1 aromatic heterocycles. The summed E-state index contributed by atoms with van der Waals surface area (Å²) in [7, 11) is 5.07. The highest BCUT2D eigenvalue weighted by molar-refractivity contribution is 7.09. The summed E-state index contributed by atoms with van der Waals surface area (Å²) < 4.78 is 10.7. The van der Waals surface area contributed by atoms with Crippen LogP contribution in [0.4, 0.5) is 0 Å². The van der Waals surface area contributed by atoms with Crippen molar-refractivity contribution in [3.8, 4) is 0 Å². The van der Waals surface area contributed by atoms with Crippen molar-refractivity contribution < 1.29 is 33.4 Å². The number of likely N-dealkylation sites (N-methyl/N-ethyl adjacent to an activating group) is 2. The van der Waals surface area contributed by atoms with Gasteiger partial charge in [0, 0.05) is 37.9 Å². The molecule has 1 aromatic carbocycles. The molecule has 0 unspecified atom stereocenters. The Morgan fingerprint density at radius 1 is 1.04 bits per heavy atom. The van der Waals surface area contributed by atoms with Gasteiger partial charge in [-0.3, -0.25) is 28.9 Å². The van der Waals surface area contributed by atoms with Crippen LogP contribution in [-0.2, 0) is 35.1 Å². The maximum absolute atomic E-state index is 14.4. The maximum Gasteiger partial charge on any atom is 0.308 e. The Balaban J connectivity index is 1.51. The number of hydrogen-bond acceptors (Lipinski definition) is 10. The molecule has 3 amide bonds. The summed E-state index contributed by atoms with van der Waals surface area (Å²) in [6.45, 7) is 7.98. The lowest BCUT2D eigenvalue weighted by Crippen LogP contribution is -2.62. The molecule has 1 aliphatic carbocycles. The molecule has 2 aromatic rings. The first-order valence-electron chi connectivity index (χ1n) is 18.6. The van der Waals surface area contributed by atoms with Gasteiger partial charge in [0.1, 0.15) is 16.2 Å². The van der Waals surface area contributed by atoms with Crippen LogP contribution in [-0.4, -0.2) is 95.9 Å². The van der Waals surface area contributed by atoms with Crippen LogP contribution in [0.15, 0.2) is 35.7 Å². The minimum absolute atomic E-state index is 0.0242. The summed E-state index contributed by atoms with van der Waals surface area (Å²) in [5.41, 5.74) is 0.201. The molecule has 13 heteroatoms. The van der Waals surface area contributed by atoms with Crippen molar-refractivity contribution in [1.82, 2.24) is 25.4 Å². The highest BCUT2D eigenvalue weighted by Gasteiger charge is 2.47. The van der Waals surface area contributed by atoms with Crippen molar-refractivity contribution >= 4 is 41.0 Å². The summed E-state index contributed by atoms with van der Waals surface area (Å²) >= 11 is 1.22. The summed E-state index contributed by atoms with van der Waals surface area (Å²) in [5.74, 6) is -1.95. The van der Waals surface area contributed by atoms with Gasteiger partial charge in [0.25, 0.3) is 5.91 Å². The second kappa shape index (κ2) is 18.8. The van der Waals surface area contributed by atoms with Gasteiger partial charge in [-0.05, 0) is 63.6 Å². The van der Waals surface area contributed by atoms with E-state index in [1.165, 1.54) is 25.4 Å². The Bertz CT molecular complexity index is 1530. The van der Waals surface area contributed by atoms with Crippen molar-refractivity contribution in [2.45, 2.75) is 122 Å². The van der Waals surface area contributed by atoms with E-state index in [1.54, 1.807) is 24.3 Å². The second-order valence-corrected chi connectivity index (χ2v) is 15.8. The third-order valence-corrected chi connectivity index (χ3v) is 11.5. The number of benzene rings is 1. The van der Waals surface area contributed by atoms with E-state index >= 15 is 0 Å². The molecule has 0 bridgehead atoms. The smallest absolute Gasteiger partial charge is 0.308 e. The number of methoxy groups -OCH3 is 1. The summed E-state index contributed by atoms with van der Waals surface area (Å²) in [4.78, 5) is 74.6. The second-order valence-electron chi connectivity index (χ2n) is 14.9. The quantitative estimate of drug-likeness (QED) is 0.225. The molecule has 2 N–H and O–H groups in total. The van der Waals surface area contributed by atoms with Crippen LogP contribution < -0.4 is 10.6 Å². The lowest BCUT2D eigenvalue weighted by atomic mass is 9.90. The standard InChI is InChI=1S/C39H57N5O7S/c1-25(2)32(44(6)38(49)39(18-12-13-19-39)42-35(47)31-17-11-14-20-43(31)5)23-33(51-27(4)45)36-41-30(24-52-36)34(46)40-29(21-26(3)37(48)50-7)22-28-15-9-8-10-16-28/h8-10,15-16,24-26,29,31-33H,11-14,17-23H2,1-7H3,(H,40,46)(H,42,47)/t26-,29+,31+,32+,33+/m0/s1. The van der Waals surface area contributed by atoms with Gasteiger partial charge in [-0.25, -0.2) is 4.98 Å². The average molecular weight is 740 g/mol. The monoisotopic (exact) mass is 739 g/mol. The first-order chi connectivity index (χ1) is 24.7. The van der Waals surface area contributed by atoms with Crippen molar-refractivity contribution in [3.05, 3.63) is 52.0 Å². The molecular weight excluding hydrogens is 683 g/mol. The van der Waals surface area contributed by atoms with E-state index in [4.69, 9.17) is 9.47 Å². The van der Waals surface area contributed by atoms with Crippen molar-refractivity contribution in [1.29, 1.82) is 0 Å². The summed E-state index contributed by atoms with van der Waals surface area (Å²) in [5, 5.41) is 8.34. The van der Waals surface area contributed by atoms with Crippen LogP contribution in [0.3, 0.4) is 0 Å². The van der Waals surface area contributed by atoms with E-state index in [1.807, 2.05) is 51.2 Å². The van der Waals surface area contributed by atoms with Gasteiger partial charge in [0.05, 0.1) is 19.1 Å². The van der Waals surface area contributed by atoms with Gasteiger partial charge in [-0.15, -0.1) is 11.3 Å². The first-order valence-corrected chi connectivity index (χ1v) is 19.5. The average Bonchev–Trinajstić information content (AvgIpc) is 3.80. The predicted molar refractivity (Wildman–Crippen MR) is 199 cm³/mol. The van der Waals surface area contributed by atoms with E-state index in [9.17, 15) is 24.0 Å². The van der Waals surface area contributed by atoms with Crippen LogP contribution in [0.5, 0.6) is 0 Å². The normalized spacial score (nSPS) is 19.6. The number of nitrogens with one attached hydrogen (secondary N) is 2. The molecule has 52 heavy (non-hydrogen) atoms. The Kier molecular flexibility index (Phi) is 14.8. The molecule has 1 aliphatic heterocycles. The number of hydrogen-bond donors (Lipinski definition) is 2. The predicted octanol–water partition coefficient (Wildman–Crippen LogP) is 5.07. The molecule has 286 valence electrons. The molecule has 2 heterocycles. The third kappa shape index (κ3) is 10.6. The molecule has 0 radical (unpaired) electrons. The van der Waals surface area contributed by atoms with Crippen LogP contribution in [0.2, 0.25) is 0 Å². The fraction of sp³-hybridized carbons (Fsp3) is 0.641. The molecule has 2 fully saturated rings. The van der Waals surface area contributed by atoms with E-state index in [-0.39, 0.29) is 53.9 Å². The number of piperidine rings is 1. The number of nitrogens with zero attached hydrogens (tertiary/aromatic N) is 3. The lowest BCUT2D eigenvalue weighted by molar-refractivity contribution is -0.150. The molecule has 12 nitrogen and oxygen atoms in total. The van der Waals surface area contributed by atoms with Gasteiger partial charge in [-0.2, -0.15) is 0 Å². The number of thiazole rings is 1. The van der Waals surface area contributed by atoms with Gasteiger partial charge in [0.2, 0.25) is 11.8 Å². The first kappa shape index (κ1) is 40.9. The zero-order valence-corrected chi connectivity index (χ0v) is 32.6. The highest BCUT2D eigenvalue weighted by Crippen LogP contribution is 2.36. The van der Waals surface area contributed by atoms with Crippen LogP contribution in [0, 0.1) is 11.8 Å². The van der Waals surface area contributed by atoms with Gasteiger partial charge >= 0.3 is 11.9 Å². The molecular formula is C39H57N5O7S. The number of esters is 2. The minimum atomic E-state index is -0.984. The summed E-state index contributed by atoms with van der Waals surface area (Å²) in [6, 6.07) is 8.73. The molecule has 4 rings (SSSR count). The van der Waals surface area contributed by atoms with Crippen LogP contribution in [0.25, 0.3) is 0 Å². The Labute approximate surface area is 312 Å². The van der Waals surface area contributed by atoms with E-state index < -0.39 is 29.4 Å². The molecule has 2 aliphatic rings. The lowest BCUT2D eigenvalue weighted by Gasteiger charge is -2.41. The number of likely N-dealkylation sites (tertiary alicyclic amines) is 1. The van der Waals surface area contributed by atoms with Crippen molar-refractivity contribution in [3.63, 3.8) is 0 Å². The minimum Gasteiger partial charge on any atom is -0.469 e. The number of carbonyl (C=O) groups is 5. The SMILES string of the molecule is COC(=O)[C@@H](C)C[C@H](Cc1ccccc1)NC(=O)c1csc([C@@H](C[C@H](C(C)C)N(C)C(=O)C2(NC(=O)[C@H]3CCCCN3C)CCCC2)OC(C)=O)n1. The highest BCUT2D eigenvalue weighted by atomic mass is 32.1. The number of aromatic nitrogens is 1. The zero-order chi connectivity index (χ0) is 38.0. The largest absolute Gasteiger partial charge is 0.469 e. The molecule has 0 spiro atoms. The van der Waals surface area contributed by atoms with Crippen LogP contribution in [0.1, 0.15) is 113 Å². The Morgan fingerprint density at radius 2 is 1.73 bits per heavy atom. The van der Waals surface area contributed by atoms with Crippen molar-refractivity contribution in [2.75, 3.05) is 27.7 Å². The van der Waals surface area contributed by atoms with E-state index in [0.29, 0.717) is 30.7 Å². The summed E-state index contributed by atoms with van der Waals surface area (Å²) in [6.07, 6.45) is 5.99. The third-order valence-electron chi connectivity index (χ3n) is 10.6. The van der Waals surface area contributed by atoms with Gasteiger partial charge < -0.3 is 25.0 Å². The fourth-order valence-corrected chi connectivity index (χ4v) is 8.54. The number of ether oxygens (including phenoxy) is 2. The molecule has 1 saturated carbocycles. The zero-order valence-electron chi connectivity index (χ0n) is 31.8. The van der Waals surface area contributed by atoms with Gasteiger partial charge in [0.15, 0.2) is 6.10 Å². The number of carbonyl (C=O) groups excluding carboxylic acids is 5. The van der Waals surface area contributed by atoms with Crippen LogP contribution >= 0.6 is 11.3 Å². The topological polar surface area (TPSA) is 147 Å². The number of amides is 3. The maximum atomic E-state index is 14.4. The van der Waals surface area contributed by atoms with Crippen molar-refractivity contribution in [2.24, 2.45) is 11.8 Å². The molecule has 1 saturated heterocycles. The van der Waals surface area contributed by atoms with E-state index in [0.717, 1.165) is 44.2 Å². The van der Waals surface area contributed by atoms with E-state index in [2.05, 4.69) is 20.5 Å². The Hall–Kier alpha value is -3.84. The fourth-order valence-electron chi connectivity index (χ4n) is 7.70. The molecule has 5 atom stereocenters. The van der Waals surface area contributed by atoms with Gasteiger partial charge in [-0.1, -0.05) is 70.4 Å².